The summed E-state index contributed by atoms with van der Waals surface area (Å²) in [7, 11) is 2.21. The second-order valence-electron chi connectivity index (χ2n) is 8.45. The zero-order valence-electron chi connectivity index (χ0n) is 17.8. The molecule has 0 aromatic heterocycles. The van der Waals surface area contributed by atoms with E-state index in [0.717, 1.165) is 51.8 Å². The van der Waals surface area contributed by atoms with Crippen molar-refractivity contribution in [2.24, 2.45) is 10.9 Å². The maximum atomic E-state index is 6.15. The molecule has 1 aromatic rings. The number of ether oxygens (including phenoxy) is 1. The van der Waals surface area contributed by atoms with Gasteiger partial charge in [-0.1, -0.05) is 30.3 Å². The molecule has 6 nitrogen and oxygen atoms in total. The summed E-state index contributed by atoms with van der Waals surface area (Å²) >= 11 is 0. The molecule has 0 aliphatic carbocycles. The molecule has 7 heteroatoms. The number of nitrogens with one attached hydrogen (secondary N) is 1. The topological polar surface area (TPSA) is 43.3 Å². The average molecular weight is 513 g/mol. The van der Waals surface area contributed by atoms with Crippen LogP contribution in [0.15, 0.2) is 35.3 Å². The van der Waals surface area contributed by atoms with Crippen molar-refractivity contribution in [2.45, 2.75) is 32.0 Å². The van der Waals surface area contributed by atoms with E-state index >= 15 is 0 Å². The lowest BCUT2D eigenvalue weighted by atomic mass is 10.1. The Kier molecular flexibility index (Phi) is 8.58. The van der Waals surface area contributed by atoms with Crippen LogP contribution in [0.25, 0.3) is 0 Å². The molecule has 3 aliphatic rings. The summed E-state index contributed by atoms with van der Waals surface area (Å²) in [5.41, 5.74) is 1.38. The minimum Gasteiger partial charge on any atom is -0.373 e. The first-order valence-electron chi connectivity index (χ1n) is 10.8. The van der Waals surface area contributed by atoms with Gasteiger partial charge in [0.15, 0.2) is 5.96 Å². The van der Waals surface area contributed by atoms with Crippen LogP contribution in [0.2, 0.25) is 0 Å². The lowest BCUT2D eigenvalue weighted by molar-refractivity contribution is -0.0502. The van der Waals surface area contributed by atoms with Crippen LogP contribution in [0.4, 0.5) is 0 Å². The fourth-order valence-corrected chi connectivity index (χ4v) is 4.76. The fourth-order valence-electron chi connectivity index (χ4n) is 4.76. The molecule has 0 saturated carbocycles. The second-order valence-corrected chi connectivity index (χ2v) is 8.45. The summed E-state index contributed by atoms with van der Waals surface area (Å²) in [5.74, 6) is 1.75. The van der Waals surface area contributed by atoms with Crippen LogP contribution in [-0.4, -0.2) is 92.3 Å². The molecule has 3 heterocycles. The number of guanidine groups is 1. The number of benzene rings is 1. The van der Waals surface area contributed by atoms with Gasteiger partial charge in [-0.2, -0.15) is 0 Å². The molecule has 3 aliphatic heterocycles. The smallest absolute Gasteiger partial charge is 0.194 e. The number of morpholine rings is 1. The summed E-state index contributed by atoms with van der Waals surface area (Å²) in [6, 6.07) is 11.2. The predicted octanol–water partition coefficient (Wildman–Crippen LogP) is 2.11. The number of likely N-dealkylation sites (tertiary alicyclic amines) is 2. The highest BCUT2D eigenvalue weighted by Crippen LogP contribution is 2.25. The molecule has 0 bridgehead atoms. The van der Waals surface area contributed by atoms with Crippen LogP contribution in [0.5, 0.6) is 0 Å². The van der Waals surface area contributed by atoms with Crippen LogP contribution in [-0.2, 0) is 11.3 Å². The van der Waals surface area contributed by atoms with Crippen molar-refractivity contribution in [3.05, 3.63) is 35.9 Å². The molecule has 1 N–H and O–H groups in total. The fraction of sp³-hybridized carbons (Fsp3) is 0.682. The molecular weight excluding hydrogens is 477 g/mol. The van der Waals surface area contributed by atoms with Gasteiger partial charge in [-0.3, -0.25) is 9.89 Å². The maximum absolute atomic E-state index is 6.15. The van der Waals surface area contributed by atoms with E-state index in [1.807, 2.05) is 0 Å². The van der Waals surface area contributed by atoms with Crippen molar-refractivity contribution in [3.63, 3.8) is 0 Å². The zero-order chi connectivity index (χ0) is 19.3. The van der Waals surface area contributed by atoms with Gasteiger partial charge in [-0.05, 0) is 38.4 Å². The Morgan fingerprint density at radius 1 is 1.17 bits per heavy atom. The van der Waals surface area contributed by atoms with Gasteiger partial charge < -0.3 is 19.9 Å². The van der Waals surface area contributed by atoms with Crippen LogP contribution >= 0.6 is 24.0 Å². The third-order valence-corrected chi connectivity index (χ3v) is 6.27. The van der Waals surface area contributed by atoms with Crippen molar-refractivity contribution in [2.75, 3.05) is 59.5 Å². The molecule has 4 rings (SSSR count). The Morgan fingerprint density at radius 3 is 2.72 bits per heavy atom. The first kappa shape index (κ1) is 22.8. The third-order valence-electron chi connectivity index (χ3n) is 6.27. The molecule has 3 unspecified atom stereocenters. The molecule has 3 fully saturated rings. The van der Waals surface area contributed by atoms with Crippen molar-refractivity contribution in [1.82, 2.24) is 20.0 Å². The number of nitrogens with zero attached hydrogens (tertiary/aromatic N) is 4. The van der Waals surface area contributed by atoms with E-state index in [-0.39, 0.29) is 30.1 Å². The quantitative estimate of drug-likeness (QED) is 0.371. The highest BCUT2D eigenvalue weighted by atomic mass is 127. The minimum absolute atomic E-state index is 0. The Labute approximate surface area is 192 Å². The number of hydrogen-bond donors (Lipinski definition) is 1. The molecule has 3 saturated heterocycles. The van der Waals surface area contributed by atoms with Gasteiger partial charge in [0.05, 0.1) is 18.8 Å². The Bertz CT molecular complexity index is 658. The maximum Gasteiger partial charge on any atom is 0.194 e. The molecule has 29 heavy (non-hydrogen) atoms. The summed E-state index contributed by atoms with van der Waals surface area (Å²) in [5, 5.41) is 3.52. The second kappa shape index (κ2) is 10.9. The Hall–Kier alpha value is -0.900. The molecular formula is C22H36IN5O. The highest BCUT2D eigenvalue weighted by Gasteiger charge is 2.41. The highest BCUT2D eigenvalue weighted by molar-refractivity contribution is 14.0. The van der Waals surface area contributed by atoms with Crippen molar-refractivity contribution >= 4 is 29.9 Å². The van der Waals surface area contributed by atoms with Crippen LogP contribution in [0.3, 0.4) is 0 Å². The van der Waals surface area contributed by atoms with Crippen LogP contribution in [0.1, 0.15) is 18.9 Å². The predicted molar refractivity (Wildman–Crippen MR) is 129 cm³/mol. The molecule has 3 atom stereocenters. The van der Waals surface area contributed by atoms with Gasteiger partial charge in [0.2, 0.25) is 0 Å². The Morgan fingerprint density at radius 2 is 2.00 bits per heavy atom. The van der Waals surface area contributed by atoms with Gasteiger partial charge in [-0.15, -0.1) is 24.0 Å². The normalized spacial score (nSPS) is 28.3. The molecule has 0 amide bonds. The van der Waals surface area contributed by atoms with Gasteiger partial charge in [0.1, 0.15) is 0 Å². The van der Waals surface area contributed by atoms with E-state index in [2.05, 4.69) is 64.3 Å². The summed E-state index contributed by atoms with van der Waals surface area (Å²) in [6.07, 6.45) is 1.54. The lowest BCUT2D eigenvalue weighted by Crippen LogP contribution is -2.50. The van der Waals surface area contributed by atoms with E-state index in [4.69, 9.17) is 9.73 Å². The van der Waals surface area contributed by atoms with Crippen molar-refractivity contribution in [1.29, 1.82) is 0 Å². The van der Waals surface area contributed by atoms with Gasteiger partial charge >= 0.3 is 0 Å². The van der Waals surface area contributed by atoms with Crippen LogP contribution < -0.4 is 5.32 Å². The van der Waals surface area contributed by atoms with E-state index in [0.29, 0.717) is 12.0 Å². The molecule has 0 spiro atoms. The van der Waals surface area contributed by atoms with E-state index in [9.17, 15) is 0 Å². The monoisotopic (exact) mass is 513 g/mol. The number of aliphatic imine (C=N–C) groups is 1. The van der Waals surface area contributed by atoms with Crippen molar-refractivity contribution < 1.29 is 4.74 Å². The van der Waals surface area contributed by atoms with Crippen LogP contribution in [0, 0.1) is 5.92 Å². The number of hydrogen-bond acceptors (Lipinski definition) is 4. The molecule has 162 valence electrons. The summed E-state index contributed by atoms with van der Waals surface area (Å²) < 4.78 is 6.15. The first-order chi connectivity index (χ1) is 13.7. The van der Waals surface area contributed by atoms with Gasteiger partial charge in [0, 0.05) is 45.8 Å². The first-order valence-corrected chi connectivity index (χ1v) is 10.8. The molecule has 1 aromatic carbocycles. The van der Waals surface area contributed by atoms with E-state index in [1.165, 1.54) is 25.1 Å². The van der Waals surface area contributed by atoms with Gasteiger partial charge in [-0.25, -0.2) is 0 Å². The van der Waals surface area contributed by atoms with Crippen molar-refractivity contribution in [3.8, 4) is 0 Å². The number of rotatable bonds is 5. The molecule has 0 radical (unpaired) electrons. The standard InChI is InChI=1S/C22H35N5O.HI/c1-3-23-22(24-13-19-9-10-25(2)14-19)27-16-20-21(17-27)28-12-11-26(20)15-18-7-5-4-6-8-18;/h4-8,19-21H,3,9-17H2,1-2H3,(H,23,24);1H. The number of halogens is 1. The average Bonchev–Trinajstić information content (AvgIpc) is 3.32. The summed E-state index contributed by atoms with van der Waals surface area (Å²) in [4.78, 5) is 12.4. The minimum atomic E-state index is 0. The van der Waals surface area contributed by atoms with Gasteiger partial charge in [0.25, 0.3) is 0 Å². The Balaban J connectivity index is 0.00000240. The largest absolute Gasteiger partial charge is 0.373 e. The summed E-state index contributed by atoms with van der Waals surface area (Å²) in [6.45, 7) is 11.1. The zero-order valence-corrected chi connectivity index (χ0v) is 20.1. The van der Waals surface area contributed by atoms with E-state index in [1.54, 1.807) is 0 Å². The lowest BCUT2D eigenvalue weighted by Gasteiger charge is -2.36. The van der Waals surface area contributed by atoms with E-state index < -0.39 is 0 Å². The number of fused-ring (bicyclic) bond motifs is 1. The third kappa shape index (κ3) is 5.83. The SMILES string of the molecule is CCNC(=NCC1CCN(C)C1)N1CC2OCCN(Cc3ccccc3)C2C1.I.